The van der Waals surface area contributed by atoms with Gasteiger partial charge in [-0.2, -0.15) is 17.6 Å². The maximum Gasteiger partial charge on any atom is 0.477 e. The second kappa shape index (κ2) is 6.90. The fourth-order valence-corrected chi connectivity index (χ4v) is 3.37. The smallest absolute Gasteiger partial charge is 0.431 e. The van der Waals surface area contributed by atoms with E-state index >= 15 is 0 Å². The average Bonchev–Trinajstić information content (AvgIpc) is 3.06. The minimum atomic E-state index is -5.95. The summed E-state index contributed by atoms with van der Waals surface area (Å²) in [6, 6.07) is -5.29. The number of carbonyl (C=O) groups is 1. The number of hydrogen-bond donors (Lipinski definition) is 1. The molecule has 146 valence electrons. The molecular formula is C14H17F7O4. The molecular weight excluding hydrogens is 365 g/mol. The Morgan fingerprint density at radius 3 is 2.24 bits per heavy atom. The summed E-state index contributed by atoms with van der Waals surface area (Å²) in [7, 11) is 0. The monoisotopic (exact) mass is 382 g/mol. The molecule has 2 fully saturated rings. The first-order valence-electron chi connectivity index (χ1n) is 7.65. The van der Waals surface area contributed by atoms with E-state index in [0.717, 1.165) is 19.3 Å². The van der Waals surface area contributed by atoms with Gasteiger partial charge < -0.3 is 14.6 Å². The van der Waals surface area contributed by atoms with E-state index < -0.39 is 49.4 Å². The highest BCUT2D eigenvalue weighted by Gasteiger charge is 2.58. The lowest BCUT2D eigenvalue weighted by molar-refractivity contribution is -0.431. The molecule has 25 heavy (non-hydrogen) atoms. The number of fused-ring (bicyclic) bond motifs is 2. The average molecular weight is 382 g/mol. The van der Waals surface area contributed by atoms with E-state index in [2.05, 4.69) is 9.47 Å². The Hall–Kier alpha value is -1.10. The highest BCUT2D eigenvalue weighted by molar-refractivity contribution is 5.73. The molecule has 0 spiro atoms. The lowest BCUT2D eigenvalue weighted by Crippen LogP contribution is -2.46. The molecule has 4 nitrogen and oxygen atoms in total. The van der Waals surface area contributed by atoms with Gasteiger partial charge in [-0.05, 0) is 31.1 Å². The van der Waals surface area contributed by atoms with Crippen LogP contribution in [0.5, 0.6) is 0 Å². The van der Waals surface area contributed by atoms with Crippen LogP contribution in [-0.4, -0.2) is 42.2 Å². The van der Waals surface area contributed by atoms with Gasteiger partial charge in [-0.25, -0.2) is 13.2 Å². The molecule has 2 saturated carbocycles. The molecule has 5 unspecified atom stereocenters. The van der Waals surface area contributed by atoms with Crippen LogP contribution >= 0.6 is 0 Å². The minimum absolute atomic E-state index is 0.0295. The number of ether oxygens (including phenoxy) is 2. The first kappa shape index (κ1) is 20.2. The summed E-state index contributed by atoms with van der Waals surface area (Å²) in [4.78, 5) is 11.8. The molecule has 0 saturated heterocycles. The second-order valence-electron chi connectivity index (χ2n) is 6.54. The molecule has 0 aromatic carbocycles. The van der Waals surface area contributed by atoms with Crippen molar-refractivity contribution in [3.8, 4) is 0 Å². The normalized spacial score (nSPS) is 30.2. The molecule has 11 heteroatoms. The molecule has 0 aromatic rings. The van der Waals surface area contributed by atoms with Crippen LogP contribution in [0.25, 0.3) is 0 Å². The summed E-state index contributed by atoms with van der Waals surface area (Å²) in [5.74, 6) is -5.46. The minimum Gasteiger partial charge on any atom is -0.431 e. The lowest BCUT2D eigenvalue weighted by atomic mass is 9.89. The molecule has 0 heterocycles. The number of rotatable bonds is 7. The highest BCUT2D eigenvalue weighted by Crippen LogP contribution is 2.48. The van der Waals surface area contributed by atoms with Crippen molar-refractivity contribution in [1.29, 1.82) is 0 Å². The quantitative estimate of drug-likeness (QED) is 0.416. The van der Waals surface area contributed by atoms with E-state index in [1.54, 1.807) is 0 Å². The van der Waals surface area contributed by atoms with E-state index in [1.807, 2.05) is 0 Å². The molecule has 2 aliphatic carbocycles. The molecule has 0 aliphatic heterocycles. The van der Waals surface area contributed by atoms with Crippen molar-refractivity contribution in [2.45, 2.75) is 56.6 Å². The number of hydrogen-bond acceptors (Lipinski definition) is 4. The molecule has 2 bridgehead atoms. The summed E-state index contributed by atoms with van der Waals surface area (Å²) in [5, 5.41) is 8.27. The van der Waals surface area contributed by atoms with Gasteiger partial charge in [-0.15, -0.1) is 0 Å². The lowest BCUT2D eigenvalue weighted by Gasteiger charge is -2.26. The van der Waals surface area contributed by atoms with Crippen LogP contribution in [0.3, 0.4) is 0 Å². The Bertz CT molecular complexity index is 494. The van der Waals surface area contributed by atoms with Gasteiger partial charge in [0.2, 0.25) is 6.36 Å². The van der Waals surface area contributed by atoms with Gasteiger partial charge in [0.15, 0.2) is 0 Å². The third-order valence-electron chi connectivity index (χ3n) is 4.57. The van der Waals surface area contributed by atoms with E-state index in [0.29, 0.717) is 12.3 Å². The largest absolute Gasteiger partial charge is 0.477 e. The fraction of sp³-hybridized carbons (Fsp3) is 0.929. The maximum atomic E-state index is 13.5. The Kier molecular flexibility index (Phi) is 5.58. The van der Waals surface area contributed by atoms with E-state index in [9.17, 15) is 35.5 Å². The molecule has 1 N–H and O–H groups in total. The zero-order valence-corrected chi connectivity index (χ0v) is 12.9. The Labute approximate surface area is 138 Å². The number of esters is 1. The van der Waals surface area contributed by atoms with Crippen LogP contribution in [0.1, 0.15) is 32.1 Å². The van der Waals surface area contributed by atoms with Gasteiger partial charge >= 0.3 is 18.2 Å². The molecule has 0 aromatic heterocycles. The second-order valence-corrected chi connectivity index (χ2v) is 6.54. The Morgan fingerprint density at radius 2 is 1.76 bits per heavy atom. The van der Waals surface area contributed by atoms with Gasteiger partial charge in [0.25, 0.3) is 5.92 Å². The van der Waals surface area contributed by atoms with Crippen LogP contribution < -0.4 is 0 Å². The summed E-state index contributed by atoms with van der Waals surface area (Å²) < 4.78 is 96.2. The van der Waals surface area contributed by atoms with Crippen molar-refractivity contribution in [3.63, 3.8) is 0 Å². The standard InChI is InChI=1S/C14H17F7O4/c15-10(25-11(22)9-4-7-1-2-8(9)3-7)5-12(16,17)6-24-14(21,23)13(18,19)20/h7-10,23H,1-6H2. The molecule has 2 aliphatic rings. The van der Waals surface area contributed by atoms with Crippen LogP contribution in [0.2, 0.25) is 0 Å². The predicted octanol–water partition coefficient (Wildman–Crippen LogP) is 3.48. The van der Waals surface area contributed by atoms with Crippen LogP contribution in [0.15, 0.2) is 0 Å². The number of aliphatic hydroxyl groups is 1. The van der Waals surface area contributed by atoms with Crippen molar-refractivity contribution in [1.82, 2.24) is 0 Å². The Morgan fingerprint density at radius 1 is 1.12 bits per heavy atom. The predicted molar refractivity (Wildman–Crippen MR) is 67.6 cm³/mol. The van der Waals surface area contributed by atoms with Crippen molar-refractivity contribution in [2.24, 2.45) is 17.8 Å². The number of carbonyl (C=O) groups excluding carboxylic acids is 1. The van der Waals surface area contributed by atoms with Crippen molar-refractivity contribution < 1.29 is 50.1 Å². The Balaban J connectivity index is 1.80. The van der Waals surface area contributed by atoms with Crippen molar-refractivity contribution in [3.05, 3.63) is 0 Å². The van der Waals surface area contributed by atoms with Gasteiger partial charge in [-0.3, -0.25) is 4.79 Å². The summed E-state index contributed by atoms with van der Waals surface area (Å²) >= 11 is 0. The van der Waals surface area contributed by atoms with E-state index in [4.69, 9.17) is 5.11 Å². The zero-order chi connectivity index (χ0) is 19.0. The van der Waals surface area contributed by atoms with E-state index in [-0.39, 0.29) is 5.92 Å². The topological polar surface area (TPSA) is 55.8 Å². The van der Waals surface area contributed by atoms with Crippen molar-refractivity contribution >= 4 is 5.97 Å². The summed E-state index contributed by atoms with van der Waals surface area (Å²) in [5.41, 5.74) is 0. The summed E-state index contributed by atoms with van der Waals surface area (Å²) in [6.45, 7) is -2.24. The molecule has 5 atom stereocenters. The third-order valence-corrected chi connectivity index (χ3v) is 4.57. The van der Waals surface area contributed by atoms with Gasteiger partial charge in [0, 0.05) is 0 Å². The highest BCUT2D eigenvalue weighted by atomic mass is 19.4. The molecule has 0 radical (unpaired) electrons. The number of halogens is 7. The van der Waals surface area contributed by atoms with E-state index in [1.165, 1.54) is 0 Å². The van der Waals surface area contributed by atoms with Gasteiger partial charge in [0.05, 0.1) is 12.3 Å². The number of alkyl halides is 7. The summed E-state index contributed by atoms with van der Waals surface area (Å²) in [6.07, 6.45) is -7.53. The first-order valence-corrected chi connectivity index (χ1v) is 7.65. The van der Waals surface area contributed by atoms with Crippen LogP contribution in [0.4, 0.5) is 30.7 Å². The van der Waals surface area contributed by atoms with Crippen molar-refractivity contribution in [2.75, 3.05) is 6.61 Å². The van der Waals surface area contributed by atoms with Gasteiger partial charge in [0.1, 0.15) is 6.61 Å². The zero-order valence-electron chi connectivity index (χ0n) is 12.9. The van der Waals surface area contributed by atoms with Crippen LogP contribution in [-0.2, 0) is 14.3 Å². The SMILES string of the molecule is O=C(OC(F)CC(F)(F)COC(O)(F)C(F)(F)F)C1CC2CCC1C2. The molecule has 0 amide bonds. The van der Waals surface area contributed by atoms with Crippen LogP contribution in [0, 0.1) is 17.8 Å². The third kappa shape index (κ3) is 4.96. The first-order chi connectivity index (χ1) is 11.3. The van der Waals surface area contributed by atoms with Gasteiger partial charge in [-0.1, -0.05) is 6.42 Å². The maximum absolute atomic E-state index is 13.5. The molecule has 2 rings (SSSR count). The fourth-order valence-electron chi connectivity index (χ4n) is 3.37.